The number of aryl methyl sites for hydroxylation is 1. The molecule has 0 amide bonds. The summed E-state index contributed by atoms with van der Waals surface area (Å²) in [5.74, 6) is 0. The van der Waals surface area contributed by atoms with Crippen molar-refractivity contribution in [1.29, 1.82) is 0 Å². The first-order valence-electron chi connectivity index (χ1n) is 7.51. The summed E-state index contributed by atoms with van der Waals surface area (Å²) >= 11 is 0. The molecular weight excluding hydrogens is 290 g/mol. The molecule has 1 aromatic heterocycles. The zero-order valence-electron chi connectivity index (χ0n) is 12.8. The minimum Gasteiger partial charge on any atom is -0.380 e. The van der Waals surface area contributed by atoms with Crippen LogP contribution in [0.15, 0.2) is 17.2 Å². The van der Waals surface area contributed by atoms with Crippen LogP contribution in [-0.4, -0.2) is 50.6 Å². The maximum atomic E-state index is 12.8. The maximum absolute atomic E-state index is 12.8. The van der Waals surface area contributed by atoms with E-state index >= 15 is 0 Å². The molecule has 0 radical (unpaired) electrons. The first-order chi connectivity index (χ1) is 10.1. The second kappa shape index (κ2) is 7.40. The number of rotatable bonds is 6. The van der Waals surface area contributed by atoms with E-state index in [1.54, 1.807) is 12.3 Å². The zero-order valence-corrected chi connectivity index (χ0v) is 13.7. The van der Waals surface area contributed by atoms with Gasteiger partial charge in [0.2, 0.25) is 10.0 Å². The number of hydrogen-bond donors (Lipinski definition) is 1. The molecule has 0 unspecified atom stereocenters. The van der Waals surface area contributed by atoms with Gasteiger partial charge in [0.25, 0.3) is 0 Å². The predicted molar refractivity (Wildman–Crippen MR) is 81.7 cm³/mol. The summed E-state index contributed by atoms with van der Waals surface area (Å²) in [5.41, 5.74) is 1.00. The molecule has 1 saturated heterocycles. The van der Waals surface area contributed by atoms with E-state index in [9.17, 15) is 8.42 Å². The lowest BCUT2D eigenvalue weighted by atomic mass is 10.4. The van der Waals surface area contributed by atoms with Crippen LogP contribution < -0.4 is 5.32 Å². The van der Waals surface area contributed by atoms with Crippen LogP contribution in [-0.2, 0) is 27.8 Å². The van der Waals surface area contributed by atoms with Crippen molar-refractivity contribution in [3.8, 4) is 0 Å². The van der Waals surface area contributed by atoms with Crippen LogP contribution in [0.25, 0.3) is 0 Å². The lowest BCUT2D eigenvalue weighted by Crippen LogP contribution is -2.33. The number of nitrogens with one attached hydrogen (secondary N) is 1. The van der Waals surface area contributed by atoms with Crippen LogP contribution in [0.1, 0.15) is 25.5 Å². The number of nitrogens with zero attached hydrogens (tertiary/aromatic N) is 2. The Labute approximate surface area is 127 Å². The minimum atomic E-state index is -3.42. The SMILES string of the molecule is CCCn1cc(S(=O)(=O)N2CCCOCC2)cc1CNC. The van der Waals surface area contributed by atoms with Gasteiger partial charge in [0, 0.05) is 44.7 Å². The Kier molecular flexibility index (Phi) is 5.80. The standard InChI is InChI=1S/C14H25N3O3S/c1-3-5-16-12-14(10-13(16)11-15-2)21(18,19)17-6-4-8-20-9-7-17/h10,12,15H,3-9,11H2,1-2H3. The topological polar surface area (TPSA) is 63.6 Å². The smallest absolute Gasteiger partial charge is 0.244 e. The molecule has 7 heteroatoms. The molecule has 0 bridgehead atoms. The first-order valence-corrected chi connectivity index (χ1v) is 8.95. The van der Waals surface area contributed by atoms with E-state index in [1.807, 2.05) is 11.6 Å². The van der Waals surface area contributed by atoms with Crippen molar-refractivity contribution in [3.63, 3.8) is 0 Å². The summed E-state index contributed by atoms with van der Waals surface area (Å²) < 4.78 is 34.4. The van der Waals surface area contributed by atoms with Gasteiger partial charge >= 0.3 is 0 Å². The van der Waals surface area contributed by atoms with Gasteiger partial charge in [-0.2, -0.15) is 4.31 Å². The summed E-state index contributed by atoms with van der Waals surface area (Å²) in [6.07, 6.45) is 3.48. The summed E-state index contributed by atoms with van der Waals surface area (Å²) in [5, 5.41) is 3.09. The van der Waals surface area contributed by atoms with Gasteiger partial charge < -0.3 is 14.6 Å². The molecule has 1 aliphatic heterocycles. The molecule has 1 N–H and O–H groups in total. The van der Waals surface area contributed by atoms with Gasteiger partial charge in [-0.25, -0.2) is 8.42 Å². The third kappa shape index (κ3) is 3.85. The Morgan fingerprint density at radius 2 is 2.14 bits per heavy atom. The number of hydrogen-bond acceptors (Lipinski definition) is 4. The Balaban J connectivity index is 2.28. The number of aromatic nitrogens is 1. The molecule has 0 aromatic carbocycles. The summed E-state index contributed by atoms with van der Waals surface area (Å²) in [6, 6.07) is 1.78. The fourth-order valence-electron chi connectivity index (χ4n) is 2.56. The molecule has 120 valence electrons. The number of ether oxygens (including phenoxy) is 1. The van der Waals surface area contributed by atoms with E-state index in [1.165, 1.54) is 4.31 Å². The highest BCUT2D eigenvalue weighted by Gasteiger charge is 2.27. The average molecular weight is 315 g/mol. The van der Waals surface area contributed by atoms with E-state index in [0.717, 1.165) is 25.1 Å². The van der Waals surface area contributed by atoms with Gasteiger partial charge in [0.05, 0.1) is 6.61 Å². The van der Waals surface area contributed by atoms with E-state index in [0.29, 0.717) is 37.7 Å². The quantitative estimate of drug-likeness (QED) is 0.851. The molecule has 21 heavy (non-hydrogen) atoms. The van der Waals surface area contributed by atoms with E-state index < -0.39 is 10.0 Å². The molecule has 2 rings (SSSR count). The molecule has 1 aliphatic rings. The molecule has 6 nitrogen and oxygen atoms in total. The Bertz CT molecular complexity index is 522. The van der Waals surface area contributed by atoms with Crippen molar-refractivity contribution in [2.75, 3.05) is 33.4 Å². The van der Waals surface area contributed by atoms with Gasteiger partial charge in [-0.1, -0.05) is 6.92 Å². The van der Waals surface area contributed by atoms with E-state index in [4.69, 9.17) is 4.74 Å². The van der Waals surface area contributed by atoms with Crippen molar-refractivity contribution in [2.45, 2.75) is 37.8 Å². The fourth-order valence-corrected chi connectivity index (χ4v) is 4.09. The summed E-state index contributed by atoms with van der Waals surface area (Å²) in [6.45, 7) is 5.65. The van der Waals surface area contributed by atoms with Gasteiger partial charge in [0.15, 0.2) is 0 Å². The Morgan fingerprint density at radius 3 is 2.86 bits per heavy atom. The molecule has 1 aromatic rings. The summed E-state index contributed by atoms with van der Waals surface area (Å²) in [7, 11) is -1.55. The third-order valence-electron chi connectivity index (χ3n) is 3.60. The highest BCUT2D eigenvalue weighted by Crippen LogP contribution is 2.20. The van der Waals surface area contributed by atoms with Crippen LogP contribution >= 0.6 is 0 Å². The van der Waals surface area contributed by atoms with Crippen LogP contribution in [0.3, 0.4) is 0 Å². The van der Waals surface area contributed by atoms with Crippen molar-refractivity contribution in [1.82, 2.24) is 14.2 Å². The first kappa shape index (κ1) is 16.5. The highest BCUT2D eigenvalue weighted by atomic mass is 32.2. The maximum Gasteiger partial charge on any atom is 0.244 e. The molecule has 0 saturated carbocycles. The van der Waals surface area contributed by atoms with E-state index in [2.05, 4.69) is 12.2 Å². The second-order valence-corrected chi connectivity index (χ2v) is 7.20. The lowest BCUT2D eigenvalue weighted by Gasteiger charge is -2.18. The van der Waals surface area contributed by atoms with Crippen molar-refractivity contribution >= 4 is 10.0 Å². The van der Waals surface area contributed by atoms with E-state index in [-0.39, 0.29) is 0 Å². The second-order valence-electron chi connectivity index (χ2n) is 5.26. The van der Waals surface area contributed by atoms with Crippen LogP contribution in [0.4, 0.5) is 0 Å². The van der Waals surface area contributed by atoms with Gasteiger partial charge in [-0.3, -0.25) is 0 Å². The zero-order chi connectivity index (χ0) is 15.3. The van der Waals surface area contributed by atoms with Gasteiger partial charge in [-0.05, 0) is 26.0 Å². The molecule has 1 fully saturated rings. The van der Waals surface area contributed by atoms with Gasteiger partial charge in [0.1, 0.15) is 4.90 Å². The minimum absolute atomic E-state index is 0.392. The highest BCUT2D eigenvalue weighted by molar-refractivity contribution is 7.89. The number of sulfonamides is 1. The van der Waals surface area contributed by atoms with Crippen molar-refractivity contribution in [2.24, 2.45) is 0 Å². The van der Waals surface area contributed by atoms with Crippen molar-refractivity contribution in [3.05, 3.63) is 18.0 Å². The lowest BCUT2D eigenvalue weighted by molar-refractivity contribution is 0.148. The average Bonchev–Trinajstić information content (AvgIpc) is 2.69. The Morgan fingerprint density at radius 1 is 1.33 bits per heavy atom. The monoisotopic (exact) mass is 315 g/mol. The third-order valence-corrected chi connectivity index (χ3v) is 5.47. The van der Waals surface area contributed by atoms with Crippen LogP contribution in [0.2, 0.25) is 0 Å². The van der Waals surface area contributed by atoms with Crippen LogP contribution in [0, 0.1) is 0 Å². The largest absolute Gasteiger partial charge is 0.380 e. The molecule has 2 heterocycles. The van der Waals surface area contributed by atoms with Crippen molar-refractivity contribution < 1.29 is 13.2 Å². The molecular formula is C14H25N3O3S. The Hall–Kier alpha value is -0.890. The molecule has 0 atom stereocenters. The molecule has 0 aliphatic carbocycles. The normalized spacial score (nSPS) is 17.8. The molecule has 0 spiro atoms. The predicted octanol–water partition coefficient (Wildman–Crippen LogP) is 1.03. The fraction of sp³-hybridized carbons (Fsp3) is 0.714. The van der Waals surface area contributed by atoms with Crippen LogP contribution in [0.5, 0.6) is 0 Å². The van der Waals surface area contributed by atoms with Gasteiger partial charge in [-0.15, -0.1) is 0 Å². The summed E-state index contributed by atoms with van der Waals surface area (Å²) in [4.78, 5) is 0.392.